The molecular formula is C26H22F3N5O3. The van der Waals surface area contributed by atoms with Crippen LogP contribution in [0.1, 0.15) is 27.2 Å². The van der Waals surface area contributed by atoms with Gasteiger partial charge in [0.25, 0.3) is 5.91 Å². The quantitative estimate of drug-likeness (QED) is 0.413. The molecule has 1 aliphatic heterocycles. The second-order valence-electron chi connectivity index (χ2n) is 7.91. The molecule has 0 unspecified atom stereocenters. The number of benzene rings is 2. The van der Waals surface area contributed by atoms with E-state index in [-0.39, 0.29) is 11.3 Å². The zero-order valence-corrected chi connectivity index (χ0v) is 19.6. The van der Waals surface area contributed by atoms with Gasteiger partial charge in [-0.15, -0.1) is 0 Å². The Morgan fingerprint density at radius 3 is 2.62 bits per heavy atom. The molecule has 2 heterocycles. The summed E-state index contributed by atoms with van der Waals surface area (Å²) in [5, 5.41) is 7.79. The number of hydrogen-bond donors (Lipinski definition) is 3. The summed E-state index contributed by atoms with van der Waals surface area (Å²) in [5.74, 6) is 0.391. The molecule has 3 N–H and O–H groups in total. The fraction of sp³-hybridized carbons (Fsp3) is 0.154. The molecule has 2 aromatic carbocycles. The van der Waals surface area contributed by atoms with Gasteiger partial charge in [-0.2, -0.15) is 13.2 Å². The van der Waals surface area contributed by atoms with E-state index in [9.17, 15) is 22.8 Å². The Hall–Kier alpha value is -4.67. The summed E-state index contributed by atoms with van der Waals surface area (Å²) in [7, 11) is 1.30. The molecule has 3 aromatic rings. The average molecular weight is 509 g/mol. The standard InChI is InChI=1S/C26H22F3N5O3/c1-30-25(36)17-12-18(26(27,28)29)14-19(13-17)34-23(35)6-5-16-3-2-4-20(11-16)37-21-7-8-31-22(15-21)24-32-9-10-33-24/h2-8,11-15H,9-10H2,1H3,(H,30,36)(H,32,33)(H,34,35). The number of carbonyl (C=O) groups is 2. The number of anilines is 1. The molecule has 0 radical (unpaired) electrons. The maximum absolute atomic E-state index is 13.2. The number of ether oxygens (including phenoxy) is 1. The molecule has 1 aliphatic rings. The minimum Gasteiger partial charge on any atom is -0.457 e. The molecule has 0 atom stereocenters. The maximum Gasteiger partial charge on any atom is 0.416 e. The lowest BCUT2D eigenvalue weighted by Crippen LogP contribution is -2.20. The van der Waals surface area contributed by atoms with Crippen molar-refractivity contribution in [1.82, 2.24) is 15.6 Å². The molecule has 0 bridgehead atoms. The van der Waals surface area contributed by atoms with E-state index in [1.807, 2.05) is 0 Å². The van der Waals surface area contributed by atoms with Crippen LogP contribution in [0.25, 0.3) is 6.08 Å². The van der Waals surface area contributed by atoms with Crippen LogP contribution in [0.2, 0.25) is 0 Å². The van der Waals surface area contributed by atoms with Crippen LogP contribution in [0.4, 0.5) is 18.9 Å². The molecule has 1 aromatic heterocycles. The monoisotopic (exact) mass is 509 g/mol. The summed E-state index contributed by atoms with van der Waals surface area (Å²) >= 11 is 0. The minimum absolute atomic E-state index is 0.157. The van der Waals surface area contributed by atoms with Gasteiger partial charge < -0.3 is 20.7 Å². The van der Waals surface area contributed by atoms with Gasteiger partial charge in [0.15, 0.2) is 0 Å². The van der Waals surface area contributed by atoms with Gasteiger partial charge in [0.05, 0.1) is 12.1 Å². The van der Waals surface area contributed by atoms with Crippen molar-refractivity contribution >= 4 is 29.4 Å². The molecule has 190 valence electrons. The van der Waals surface area contributed by atoms with Gasteiger partial charge in [0, 0.05) is 43.2 Å². The second kappa shape index (κ2) is 10.9. The van der Waals surface area contributed by atoms with Crippen LogP contribution < -0.4 is 20.7 Å². The number of nitrogens with one attached hydrogen (secondary N) is 3. The van der Waals surface area contributed by atoms with Crippen LogP contribution in [0.3, 0.4) is 0 Å². The first-order chi connectivity index (χ1) is 17.7. The first-order valence-corrected chi connectivity index (χ1v) is 11.2. The number of rotatable bonds is 7. The predicted molar refractivity (Wildman–Crippen MR) is 133 cm³/mol. The average Bonchev–Trinajstić information content (AvgIpc) is 3.42. The van der Waals surface area contributed by atoms with Crippen molar-refractivity contribution < 1.29 is 27.5 Å². The SMILES string of the molecule is CNC(=O)c1cc(NC(=O)C=Cc2cccc(Oc3ccnc(C4=NCCN4)c3)c2)cc(C(F)(F)F)c1. The second-order valence-corrected chi connectivity index (χ2v) is 7.91. The van der Waals surface area contributed by atoms with E-state index >= 15 is 0 Å². The number of pyridine rings is 1. The summed E-state index contributed by atoms with van der Waals surface area (Å²) in [6, 6.07) is 13.0. The summed E-state index contributed by atoms with van der Waals surface area (Å²) in [6.07, 6.45) is -0.404. The van der Waals surface area contributed by atoms with Crippen molar-refractivity contribution in [2.24, 2.45) is 4.99 Å². The van der Waals surface area contributed by atoms with Gasteiger partial charge in [0.1, 0.15) is 23.0 Å². The van der Waals surface area contributed by atoms with Crippen molar-refractivity contribution in [2.75, 3.05) is 25.5 Å². The van der Waals surface area contributed by atoms with E-state index in [1.54, 1.807) is 42.6 Å². The summed E-state index contributed by atoms with van der Waals surface area (Å²) in [5.41, 5.74) is -0.143. The molecule has 4 rings (SSSR count). The Labute approximate surface area is 210 Å². The lowest BCUT2D eigenvalue weighted by molar-refractivity contribution is -0.137. The fourth-order valence-corrected chi connectivity index (χ4v) is 3.49. The van der Waals surface area contributed by atoms with Gasteiger partial charge in [-0.05, 0) is 48.0 Å². The molecule has 0 saturated heterocycles. The van der Waals surface area contributed by atoms with Gasteiger partial charge >= 0.3 is 6.18 Å². The zero-order chi connectivity index (χ0) is 26.4. The smallest absolute Gasteiger partial charge is 0.416 e. The minimum atomic E-state index is -4.68. The van der Waals surface area contributed by atoms with E-state index < -0.39 is 23.6 Å². The van der Waals surface area contributed by atoms with Crippen LogP contribution in [-0.2, 0) is 11.0 Å². The molecule has 37 heavy (non-hydrogen) atoms. The Morgan fingerprint density at radius 1 is 1.08 bits per heavy atom. The van der Waals surface area contributed by atoms with Crippen LogP contribution >= 0.6 is 0 Å². The van der Waals surface area contributed by atoms with Crippen molar-refractivity contribution in [3.05, 3.63) is 89.3 Å². The summed E-state index contributed by atoms with van der Waals surface area (Å²) < 4.78 is 45.6. The molecule has 0 saturated carbocycles. The van der Waals surface area contributed by atoms with Crippen LogP contribution in [-0.4, -0.2) is 42.8 Å². The third-order valence-electron chi connectivity index (χ3n) is 5.19. The highest BCUT2D eigenvalue weighted by Crippen LogP contribution is 2.32. The number of carbonyl (C=O) groups excluding carboxylic acids is 2. The first kappa shape index (κ1) is 25.4. The largest absolute Gasteiger partial charge is 0.457 e. The molecule has 0 spiro atoms. The van der Waals surface area contributed by atoms with Gasteiger partial charge in [0.2, 0.25) is 5.91 Å². The Morgan fingerprint density at radius 2 is 1.89 bits per heavy atom. The number of aromatic nitrogens is 1. The van der Waals surface area contributed by atoms with E-state index in [4.69, 9.17) is 4.74 Å². The molecule has 8 nitrogen and oxygen atoms in total. The van der Waals surface area contributed by atoms with Crippen LogP contribution in [0.15, 0.2) is 71.9 Å². The molecular weight excluding hydrogens is 487 g/mol. The number of alkyl halides is 3. The Bertz CT molecular complexity index is 1390. The number of amidine groups is 1. The third kappa shape index (κ3) is 6.72. The van der Waals surface area contributed by atoms with Gasteiger partial charge in [-0.25, -0.2) is 0 Å². The number of amides is 2. The van der Waals surface area contributed by atoms with Gasteiger partial charge in [-0.1, -0.05) is 12.1 Å². The lowest BCUT2D eigenvalue weighted by Gasteiger charge is -2.12. The van der Waals surface area contributed by atoms with E-state index in [2.05, 4.69) is 25.9 Å². The first-order valence-electron chi connectivity index (χ1n) is 11.2. The van der Waals surface area contributed by atoms with Crippen molar-refractivity contribution in [2.45, 2.75) is 6.18 Å². The Kier molecular flexibility index (Phi) is 7.52. The van der Waals surface area contributed by atoms with Crippen molar-refractivity contribution in [3.8, 4) is 11.5 Å². The van der Waals surface area contributed by atoms with Gasteiger partial charge in [-0.3, -0.25) is 19.6 Å². The topological polar surface area (TPSA) is 105 Å². The normalized spacial score (nSPS) is 13.1. The van der Waals surface area contributed by atoms with Crippen LogP contribution in [0, 0.1) is 0 Å². The maximum atomic E-state index is 13.2. The number of aliphatic imine (C=N–C) groups is 1. The van der Waals surface area contributed by atoms with Crippen molar-refractivity contribution in [1.29, 1.82) is 0 Å². The number of halogens is 3. The zero-order valence-electron chi connectivity index (χ0n) is 19.6. The molecule has 11 heteroatoms. The molecule has 0 aliphatic carbocycles. The number of hydrogen-bond acceptors (Lipinski definition) is 6. The lowest BCUT2D eigenvalue weighted by atomic mass is 10.1. The van der Waals surface area contributed by atoms with Crippen molar-refractivity contribution in [3.63, 3.8) is 0 Å². The molecule has 2 amide bonds. The van der Waals surface area contributed by atoms with E-state index in [0.29, 0.717) is 35.1 Å². The van der Waals surface area contributed by atoms with Crippen LogP contribution in [0.5, 0.6) is 11.5 Å². The van der Waals surface area contributed by atoms with E-state index in [1.165, 1.54) is 25.3 Å². The third-order valence-corrected chi connectivity index (χ3v) is 5.19. The highest BCUT2D eigenvalue weighted by atomic mass is 19.4. The number of nitrogens with zero attached hydrogens (tertiary/aromatic N) is 2. The highest BCUT2D eigenvalue weighted by molar-refractivity contribution is 6.03. The predicted octanol–water partition coefficient (Wildman–Crippen LogP) is 4.25. The fourth-order valence-electron chi connectivity index (χ4n) is 3.49. The molecule has 0 fully saturated rings. The summed E-state index contributed by atoms with van der Waals surface area (Å²) in [6.45, 7) is 1.44. The van der Waals surface area contributed by atoms with E-state index in [0.717, 1.165) is 18.7 Å². The Balaban J connectivity index is 1.45. The summed E-state index contributed by atoms with van der Waals surface area (Å²) in [4.78, 5) is 32.9. The highest BCUT2D eigenvalue weighted by Gasteiger charge is 2.32.